The highest BCUT2D eigenvalue weighted by molar-refractivity contribution is 6.09. The Labute approximate surface area is 707 Å². The first kappa shape index (κ1) is 73.4. The molecule has 0 saturated heterocycles. The largest absolute Gasteiger partial charge is 0.456 e. The predicted molar refractivity (Wildman–Crippen MR) is 513 cm³/mol. The van der Waals surface area contributed by atoms with Crippen molar-refractivity contribution < 1.29 is 13.3 Å². The number of hydrogen-bond acceptors (Lipinski definition) is 6. The van der Waals surface area contributed by atoms with E-state index >= 15 is 0 Å². The second-order valence-corrected chi connectivity index (χ2v) is 30.7. The van der Waals surface area contributed by atoms with Gasteiger partial charge in [0.2, 0.25) is 0 Å². The van der Waals surface area contributed by atoms with Gasteiger partial charge in [0.25, 0.3) is 0 Å². The van der Waals surface area contributed by atoms with Crippen LogP contribution in [0, 0.1) is 0 Å². The molecule has 0 radical (unpaired) electrons. The fourth-order valence-corrected chi connectivity index (χ4v) is 17.1. The van der Waals surface area contributed by atoms with Crippen LogP contribution in [-0.4, -0.2) is 0 Å². The number of rotatable bonds is 15. The molecule has 0 saturated carbocycles. The van der Waals surface area contributed by atoms with Crippen LogP contribution in [0.5, 0.6) is 0 Å². The number of hydrogen-bond donors (Lipinski definition) is 0. The lowest BCUT2D eigenvalue weighted by Gasteiger charge is -2.27. The summed E-state index contributed by atoms with van der Waals surface area (Å²) in [6, 6.07) is 169. The lowest BCUT2D eigenvalue weighted by atomic mass is 10.0. The van der Waals surface area contributed by atoms with E-state index in [4.69, 9.17) is 13.3 Å². The van der Waals surface area contributed by atoms with Crippen LogP contribution < -0.4 is 14.7 Å². The van der Waals surface area contributed by atoms with Gasteiger partial charge in [-0.3, -0.25) is 0 Å². The standard InChI is InChI=1S/2C40H27NO.C36H25NO/c1-2-9-28(10-3-1)29-17-22-33(23-18-29)41(38-15-8-12-31-11-4-5-13-35(31)38)34-24-19-30(20-25-34)32-21-26-40-37(27-32)36-14-6-7-16-39(36)42-40;1-2-8-28(9-3-1)30-14-20-34(21-15-30)41(36-24-18-29-10-4-5-11-32(29)26-36)35-22-16-31(17-23-35)33-19-25-40-38(27-33)37-12-6-7-13-39(37)42-40;1-3-10-26(11-4-1)28-12-9-15-32(24-28)37(30-13-5-2-6-14-30)31-21-18-27(19-22-31)29-20-23-36-34(25-29)33-16-7-8-17-35(33)38-36/h2*1-27H;1-25H. The van der Waals surface area contributed by atoms with E-state index in [1.54, 1.807) is 0 Å². The zero-order valence-corrected chi connectivity index (χ0v) is 66.7. The van der Waals surface area contributed by atoms with Gasteiger partial charge in [0, 0.05) is 83.2 Å². The Kier molecular flexibility index (Phi) is 19.6. The van der Waals surface area contributed by atoms with Crippen LogP contribution in [0.15, 0.2) is 492 Å². The van der Waals surface area contributed by atoms with Crippen molar-refractivity contribution in [2.75, 3.05) is 14.7 Å². The van der Waals surface area contributed by atoms with Crippen LogP contribution in [0.25, 0.3) is 154 Å². The first-order valence-electron chi connectivity index (χ1n) is 41.4. The van der Waals surface area contributed by atoms with E-state index < -0.39 is 0 Å². The summed E-state index contributed by atoms with van der Waals surface area (Å²) in [5, 5.41) is 11.8. The SMILES string of the molecule is c1ccc(-c2ccc(N(c3ccc(-c4ccc5oc6ccccc6c5c4)cc3)c3ccc4ccccc4c3)cc2)cc1.c1ccc(-c2ccc(N(c3ccc(-c4ccc5oc6ccccc6c5c4)cc3)c3cccc4ccccc34)cc2)cc1.c1ccc(-c2cccc(N(c3ccccc3)c3ccc(-c4ccc5oc6ccccc6c5c4)cc3)c2)cc1. The average Bonchev–Trinajstić information content (AvgIpc) is 1.52. The molecule has 3 aromatic heterocycles. The summed E-state index contributed by atoms with van der Waals surface area (Å²) in [7, 11) is 0. The van der Waals surface area contributed by atoms with Gasteiger partial charge >= 0.3 is 0 Å². The van der Waals surface area contributed by atoms with Crippen LogP contribution in [-0.2, 0) is 0 Å². The second kappa shape index (κ2) is 32.7. The molecule has 122 heavy (non-hydrogen) atoms. The summed E-state index contributed by atoms with van der Waals surface area (Å²) in [5.74, 6) is 0. The van der Waals surface area contributed by atoms with Gasteiger partial charge in [-0.1, -0.05) is 322 Å². The molecule has 0 fully saturated rings. The Morgan fingerprint density at radius 2 is 0.377 bits per heavy atom. The maximum Gasteiger partial charge on any atom is 0.135 e. The molecule has 0 aliphatic carbocycles. The minimum Gasteiger partial charge on any atom is -0.456 e. The summed E-state index contributed by atoms with van der Waals surface area (Å²) in [5.41, 5.74) is 29.9. The van der Waals surface area contributed by atoms with Gasteiger partial charge in [0.15, 0.2) is 0 Å². The molecule has 0 amide bonds. The lowest BCUT2D eigenvalue weighted by Crippen LogP contribution is -2.10. The topological polar surface area (TPSA) is 49.1 Å². The van der Waals surface area contributed by atoms with Gasteiger partial charge in [-0.25, -0.2) is 0 Å². The van der Waals surface area contributed by atoms with Gasteiger partial charge in [-0.2, -0.15) is 0 Å². The van der Waals surface area contributed by atoms with Crippen LogP contribution in [0.3, 0.4) is 0 Å². The average molecular weight is 1560 g/mol. The molecular weight excluding hydrogens is 1480 g/mol. The highest BCUT2D eigenvalue weighted by Crippen LogP contribution is 2.45. The summed E-state index contributed by atoms with van der Waals surface area (Å²) in [6.07, 6.45) is 0. The van der Waals surface area contributed by atoms with Crippen molar-refractivity contribution in [3.8, 4) is 66.8 Å². The Morgan fingerprint density at radius 3 is 0.803 bits per heavy atom. The van der Waals surface area contributed by atoms with E-state index in [1.165, 1.54) is 88.3 Å². The van der Waals surface area contributed by atoms with Crippen molar-refractivity contribution >= 4 is 139 Å². The first-order chi connectivity index (χ1) is 60.4. The third kappa shape index (κ3) is 14.7. The highest BCUT2D eigenvalue weighted by Gasteiger charge is 2.21. The summed E-state index contributed by atoms with van der Waals surface area (Å²) in [6.45, 7) is 0. The molecule has 0 unspecified atom stereocenters. The van der Waals surface area contributed by atoms with Gasteiger partial charge in [-0.05, 0) is 241 Å². The normalized spacial score (nSPS) is 11.3. The molecule has 6 nitrogen and oxygen atoms in total. The Bertz CT molecular complexity index is 7640. The molecule has 0 bridgehead atoms. The van der Waals surface area contributed by atoms with Crippen molar-refractivity contribution in [1.82, 2.24) is 0 Å². The summed E-state index contributed by atoms with van der Waals surface area (Å²) >= 11 is 0. The van der Waals surface area contributed by atoms with Crippen molar-refractivity contribution in [3.05, 3.63) is 479 Å². The van der Waals surface area contributed by atoms with E-state index in [0.29, 0.717) is 0 Å². The van der Waals surface area contributed by atoms with Crippen LogP contribution in [0.2, 0.25) is 0 Å². The van der Waals surface area contributed by atoms with Gasteiger partial charge in [0.05, 0.1) is 5.69 Å². The third-order valence-electron chi connectivity index (χ3n) is 23.2. The fraction of sp³-hybridized carbons (Fsp3) is 0. The number of nitrogens with zero attached hydrogens (tertiary/aromatic N) is 3. The van der Waals surface area contributed by atoms with Crippen LogP contribution in [0.1, 0.15) is 0 Å². The quantitative estimate of drug-likeness (QED) is 0.102. The predicted octanol–water partition coefficient (Wildman–Crippen LogP) is 33.5. The zero-order chi connectivity index (χ0) is 81.1. The monoisotopic (exact) mass is 1560 g/mol. The van der Waals surface area contributed by atoms with Crippen molar-refractivity contribution in [2.45, 2.75) is 0 Å². The molecule has 0 N–H and O–H groups in total. The van der Waals surface area contributed by atoms with Gasteiger partial charge in [0.1, 0.15) is 33.5 Å². The fourth-order valence-electron chi connectivity index (χ4n) is 17.1. The van der Waals surface area contributed by atoms with E-state index in [2.05, 4.69) is 458 Å². The van der Waals surface area contributed by atoms with Crippen molar-refractivity contribution in [3.63, 3.8) is 0 Å². The summed E-state index contributed by atoms with van der Waals surface area (Å²) < 4.78 is 18.1. The zero-order valence-electron chi connectivity index (χ0n) is 66.7. The molecule has 576 valence electrons. The molecule has 6 heteroatoms. The number of para-hydroxylation sites is 4. The molecule has 3 heterocycles. The van der Waals surface area contributed by atoms with Crippen LogP contribution >= 0.6 is 0 Å². The minimum atomic E-state index is 0.914. The van der Waals surface area contributed by atoms with E-state index in [0.717, 1.165) is 117 Å². The number of fused-ring (bicyclic) bond motifs is 11. The van der Waals surface area contributed by atoms with Gasteiger partial charge < -0.3 is 28.0 Å². The Hall–Kier alpha value is -16.3. The molecule has 0 aliphatic rings. The lowest BCUT2D eigenvalue weighted by molar-refractivity contribution is 0.668. The van der Waals surface area contributed by atoms with Gasteiger partial charge in [-0.15, -0.1) is 0 Å². The Balaban J connectivity index is 0.000000113. The molecule has 23 rings (SSSR count). The maximum atomic E-state index is 6.06. The van der Waals surface area contributed by atoms with E-state index in [-0.39, 0.29) is 0 Å². The minimum absolute atomic E-state index is 0.914. The maximum absolute atomic E-state index is 6.06. The van der Waals surface area contributed by atoms with Crippen molar-refractivity contribution in [2.24, 2.45) is 0 Å². The molecule has 0 atom stereocenters. The van der Waals surface area contributed by atoms with E-state index in [9.17, 15) is 0 Å². The molecule has 20 aromatic carbocycles. The van der Waals surface area contributed by atoms with Crippen molar-refractivity contribution in [1.29, 1.82) is 0 Å². The molecule has 0 spiro atoms. The van der Waals surface area contributed by atoms with Crippen LogP contribution in [0.4, 0.5) is 51.2 Å². The van der Waals surface area contributed by atoms with E-state index in [1.807, 2.05) is 36.4 Å². The third-order valence-corrected chi connectivity index (χ3v) is 23.2. The number of anilines is 9. The second-order valence-electron chi connectivity index (χ2n) is 30.7. The number of benzene rings is 20. The highest BCUT2D eigenvalue weighted by atomic mass is 16.3. The molecular formula is C116H79N3O3. The Morgan fingerprint density at radius 1 is 0.123 bits per heavy atom. The number of furan rings is 3. The molecule has 23 aromatic rings. The molecule has 0 aliphatic heterocycles. The first-order valence-corrected chi connectivity index (χ1v) is 41.4. The summed E-state index contributed by atoms with van der Waals surface area (Å²) in [4.78, 5) is 6.99. The smallest absolute Gasteiger partial charge is 0.135 e.